The molecule has 0 saturated heterocycles. The molecular weight excluding hydrogens is 220 g/mol. The van der Waals surface area contributed by atoms with E-state index < -0.39 is 0 Å². The third kappa shape index (κ3) is 2.68. The Bertz CT molecular complexity index is 446. The Balaban J connectivity index is 1.84. The van der Waals surface area contributed by atoms with Crippen LogP contribution in [0.25, 0.3) is 0 Å². The van der Waals surface area contributed by atoms with E-state index in [4.69, 9.17) is 0 Å². The summed E-state index contributed by atoms with van der Waals surface area (Å²) in [7, 11) is 0. The fourth-order valence-corrected chi connectivity index (χ4v) is 2.32. The van der Waals surface area contributed by atoms with Crippen molar-refractivity contribution in [1.29, 1.82) is 0 Å². The number of hydrogen-bond donors (Lipinski definition) is 1. The Morgan fingerprint density at radius 3 is 3.00 bits per heavy atom. The molecule has 0 unspecified atom stereocenters. The van der Waals surface area contributed by atoms with E-state index in [1.54, 1.807) is 11.3 Å². The average Bonchev–Trinajstić information content (AvgIpc) is 2.87. The van der Waals surface area contributed by atoms with Crippen molar-refractivity contribution in [1.82, 2.24) is 20.1 Å². The van der Waals surface area contributed by atoms with Crippen LogP contribution in [-0.2, 0) is 19.6 Å². The van der Waals surface area contributed by atoms with Crippen molar-refractivity contribution in [3.8, 4) is 0 Å². The predicted molar refractivity (Wildman–Crippen MR) is 65.3 cm³/mol. The zero-order valence-corrected chi connectivity index (χ0v) is 10.4. The molecule has 0 saturated carbocycles. The molecule has 0 aromatic carbocycles. The van der Waals surface area contributed by atoms with E-state index in [1.807, 2.05) is 23.9 Å². The summed E-state index contributed by atoms with van der Waals surface area (Å²) in [6.45, 7) is 6.70. The minimum atomic E-state index is 0.827. The van der Waals surface area contributed by atoms with Gasteiger partial charge in [0.1, 0.15) is 5.01 Å². The van der Waals surface area contributed by atoms with Crippen LogP contribution in [0.5, 0.6) is 0 Å². The van der Waals surface area contributed by atoms with Gasteiger partial charge < -0.3 is 5.32 Å². The summed E-state index contributed by atoms with van der Waals surface area (Å²) < 4.78 is 2.00. The molecule has 5 heteroatoms. The SMILES string of the molecule is CCn1nccc1CNCc1nc(C)cs1. The van der Waals surface area contributed by atoms with Gasteiger partial charge in [0, 0.05) is 36.9 Å². The van der Waals surface area contributed by atoms with Gasteiger partial charge in [-0.1, -0.05) is 0 Å². The highest BCUT2D eigenvalue weighted by Crippen LogP contribution is 2.08. The maximum Gasteiger partial charge on any atom is 0.107 e. The lowest BCUT2D eigenvalue weighted by Crippen LogP contribution is -2.16. The minimum absolute atomic E-state index is 0.827. The topological polar surface area (TPSA) is 42.7 Å². The van der Waals surface area contributed by atoms with Crippen LogP contribution in [0, 0.1) is 6.92 Å². The van der Waals surface area contributed by atoms with Gasteiger partial charge in [0.05, 0.1) is 5.69 Å². The van der Waals surface area contributed by atoms with Crippen LogP contribution in [0.2, 0.25) is 0 Å². The first-order chi connectivity index (χ1) is 7.79. The third-order valence-corrected chi connectivity index (χ3v) is 3.32. The van der Waals surface area contributed by atoms with Gasteiger partial charge >= 0.3 is 0 Å². The van der Waals surface area contributed by atoms with Crippen molar-refractivity contribution >= 4 is 11.3 Å². The number of rotatable bonds is 5. The molecule has 0 amide bonds. The molecular formula is C11H16N4S. The molecule has 2 rings (SSSR count). The predicted octanol–water partition coefficient (Wildman–Crippen LogP) is 1.96. The van der Waals surface area contributed by atoms with Crippen molar-refractivity contribution in [2.75, 3.05) is 0 Å². The lowest BCUT2D eigenvalue weighted by Gasteiger charge is -2.05. The van der Waals surface area contributed by atoms with Gasteiger partial charge in [-0.05, 0) is 19.9 Å². The van der Waals surface area contributed by atoms with Crippen LogP contribution in [0.1, 0.15) is 23.3 Å². The summed E-state index contributed by atoms with van der Waals surface area (Å²) in [5.41, 5.74) is 2.32. The quantitative estimate of drug-likeness (QED) is 0.863. The second kappa shape index (κ2) is 5.23. The van der Waals surface area contributed by atoms with Crippen molar-refractivity contribution in [2.24, 2.45) is 0 Å². The first-order valence-corrected chi connectivity index (χ1v) is 6.30. The van der Waals surface area contributed by atoms with Gasteiger partial charge in [-0.15, -0.1) is 11.3 Å². The average molecular weight is 236 g/mol. The van der Waals surface area contributed by atoms with E-state index in [0.29, 0.717) is 0 Å². The first-order valence-electron chi connectivity index (χ1n) is 5.42. The maximum atomic E-state index is 4.41. The normalized spacial score (nSPS) is 10.9. The standard InChI is InChI=1S/C11H16N4S/c1-3-15-10(4-5-13-15)6-12-7-11-14-9(2)8-16-11/h4-5,8,12H,3,6-7H2,1-2H3. The van der Waals surface area contributed by atoms with Gasteiger partial charge in [0.15, 0.2) is 0 Å². The monoisotopic (exact) mass is 236 g/mol. The molecule has 0 aliphatic rings. The molecule has 2 aromatic rings. The number of thiazole rings is 1. The van der Waals surface area contributed by atoms with Crippen LogP contribution >= 0.6 is 11.3 Å². The molecule has 86 valence electrons. The van der Waals surface area contributed by atoms with Gasteiger partial charge in [-0.3, -0.25) is 4.68 Å². The molecule has 0 atom stereocenters. The Morgan fingerprint density at radius 1 is 1.44 bits per heavy atom. The molecule has 0 aliphatic carbocycles. The van der Waals surface area contributed by atoms with E-state index in [1.165, 1.54) is 5.69 Å². The molecule has 0 spiro atoms. The highest BCUT2D eigenvalue weighted by atomic mass is 32.1. The zero-order chi connectivity index (χ0) is 11.4. The largest absolute Gasteiger partial charge is 0.305 e. The molecule has 0 fully saturated rings. The summed E-state index contributed by atoms with van der Waals surface area (Å²) in [5.74, 6) is 0. The van der Waals surface area contributed by atoms with Gasteiger partial charge in [-0.25, -0.2) is 4.98 Å². The molecule has 0 bridgehead atoms. The highest BCUT2D eigenvalue weighted by Gasteiger charge is 2.01. The van der Waals surface area contributed by atoms with Gasteiger partial charge in [-0.2, -0.15) is 5.10 Å². The van der Waals surface area contributed by atoms with Crippen molar-refractivity contribution in [3.05, 3.63) is 34.0 Å². The summed E-state index contributed by atoms with van der Waals surface area (Å²) >= 11 is 1.70. The van der Waals surface area contributed by atoms with Crippen LogP contribution in [0.15, 0.2) is 17.6 Å². The minimum Gasteiger partial charge on any atom is -0.305 e. The van der Waals surface area contributed by atoms with E-state index in [-0.39, 0.29) is 0 Å². The fraction of sp³-hybridized carbons (Fsp3) is 0.455. The Labute approximate surface area is 99.3 Å². The van der Waals surface area contributed by atoms with Crippen molar-refractivity contribution in [3.63, 3.8) is 0 Å². The molecule has 0 radical (unpaired) electrons. The van der Waals surface area contributed by atoms with Crippen molar-refractivity contribution < 1.29 is 0 Å². The lowest BCUT2D eigenvalue weighted by molar-refractivity contribution is 0.580. The number of nitrogens with one attached hydrogen (secondary N) is 1. The first kappa shape index (κ1) is 11.3. The van der Waals surface area contributed by atoms with Crippen LogP contribution in [0.4, 0.5) is 0 Å². The smallest absolute Gasteiger partial charge is 0.107 e. The second-order valence-corrected chi connectivity index (χ2v) is 4.57. The lowest BCUT2D eigenvalue weighted by atomic mass is 10.4. The summed E-state index contributed by atoms with van der Waals surface area (Å²) in [6, 6.07) is 2.05. The van der Waals surface area contributed by atoms with Crippen LogP contribution in [-0.4, -0.2) is 14.8 Å². The van der Waals surface area contributed by atoms with Gasteiger partial charge in [0.25, 0.3) is 0 Å². The van der Waals surface area contributed by atoms with Gasteiger partial charge in [0.2, 0.25) is 0 Å². The number of aryl methyl sites for hydroxylation is 2. The Kier molecular flexibility index (Phi) is 3.69. The number of nitrogens with zero attached hydrogens (tertiary/aromatic N) is 3. The molecule has 0 aliphatic heterocycles. The second-order valence-electron chi connectivity index (χ2n) is 3.62. The number of hydrogen-bond acceptors (Lipinski definition) is 4. The van der Waals surface area contributed by atoms with Crippen molar-refractivity contribution in [2.45, 2.75) is 33.5 Å². The third-order valence-electron chi connectivity index (χ3n) is 2.35. The zero-order valence-electron chi connectivity index (χ0n) is 9.60. The Hall–Kier alpha value is -1.20. The van der Waals surface area contributed by atoms with Crippen LogP contribution < -0.4 is 5.32 Å². The molecule has 2 heterocycles. The fourth-order valence-electron chi connectivity index (χ4n) is 1.58. The molecule has 1 N–H and O–H groups in total. The summed E-state index contributed by atoms with van der Waals surface area (Å²) in [4.78, 5) is 4.41. The molecule has 4 nitrogen and oxygen atoms in total. The molecule has 2 aromatic heterocycles. The van der Waals surface area contributed by atoms with E-state index in [0.717, 1.165) is 30.3 Å². The van der Waals surface area contributed by atoms with E-state index in [2.05, 4.69) is 27.7 Å². The number of aromatic nitrogens is 3. The highest BCUT2D eigenvalue weighted by molar-refractivity contribution is 7.09. The maximum absolute atomic E-state index is 4.41. The summed E-state index contributed by atoms with van der Waals surface area (Å²) in [5, 5.41) is 10.8. The Morgan fingerprint density at radius 2 is 2.31 bits per heavy atom. The summed E-state index contributed by atoms with van der Waals surface area (Å²) in [6.07, 6.45) is 1.84. The van der Waals surface area contributed by atoms with E-state index in [9.17, 15) is 0 Å². The van der Waals surface area contributed by atoms with E-state index >= 15 is 0 Å². The molecule has 16 heavy (non-hydrogen) atoms. The van der Waals surface area contributed by atoms with Crippen LogP contribution in [0.3, 0.4) is 0 Å².